The lowest BCUT2D eigenvalue weighted by Crippen LogP contribution is -2.04. The van der Waals surface area contributed by atoms with Crippen molar-refractivity contribution in [3.8, 4) is 5.75 Å². The summed E-state index contributed by atoms with van der Waals surface area (Å²) in [5, 5.41) is 1.08. The van der Waals surface area contributed by atoms with E-state index in [2.05, 4.69) is 23.2 Å². The number of fused-ring (bicyclic) bond motifs is 1. The minimum atomic E-state index is 0.574. The van der Waals surface area contributed by atoms with Crippen molar-refractivity contribution >= 4 is 10.9 Å². The highest BCUT2D eigenvalue weighted by Gasteiger charge is 2.01. The third-order valence-corrected chi connectivity index (χ3v) is 3.37. The van der Waals surface area contributed by atoms with Gasteiger partial charge in [-0.25, -0.2) is 0 Å². The Morgan fingerprint density at radius 1 is 0.952 bits per heavy atom. The van der Waals surface area contributed by atoms with Crippen LogP contribution in [0.4, 0.5) is 0 Å². The summed E-state index contributed by atoms with van der Waals surface area (Å²) in [5.74, 6) is 0.861. The number of nitrogens with zero attached hydrogens (tertiary/aromatic N) is 1. The Morgan fingerprint density at radius 2 is 1.81 bits per heavy atom. The molecule has 3 rings (SSSR count). The number of aromatic nitrogens is 1. The Morgan fingerprint density at radius 3 is 2.62 bits per heavy atom. The molecule has 1 aromatic heterocycles. The van der Waals surface area contributed by atoms with Crippen LogP contribution in [0, 0.1) is 0 Å². The summed E-state index contributed by atoms with van der Waals surface area (Å²) < 4.78 is 5.83. The van der Waals surface area contributed by atoms with Crippen molar-refractivity contribution in [3.63, 3.8) is 0 Å². The van der Waals surface area contributed by atoms with Crippen molar-refractivity contribution in [2.75, 3.05) is 6.54 Å². The fourth-order valence-corrected chi connectivity index (χ4v) is 2.26. The second-order valence-electron chi connectivity index (χ2n) is 4.97. The molecule has 0 atom stereocenters. The molecule has 3 heteroatoms. The highest BCUT2D eigenvalue weighted by molar-refractivity contribution is 5.80. The quantitative estimate of drug-likeness (QED) is 0.779. The normalized spacial score (nSPS) is 10.7. The van der Waals surface area contributed by atoms with Gasteiger partial charge in [0, 0.05) is 17.5 Å². The summed E-state index contributed by atoms with van der Waals surface area (Å²) in [6.07, 6.45) is 0.808. The molecule has 0 aliphatic rings. The number of pyridine rings is 1. The molecule has 0 saturated heterocycles. The van der Waals surface area contributed by atoms with E-state index in [0.717, 1.165) is 34.3 Å². The maximum atomic E-state index is 5.83. The number of nitrogens with two attached hydrogens (primary N) is 1. The molecule has 0 aliphatic carbocycles. The summed E-state index contributed by atoms with van der Waals surface area (Å²) >= 11 is 0. The average molecular weight is 278 g/mol. The molecule has 3 aromatic rings. The van der Waals surface area contributed by atoms with Crippen LogP contribution in [0.15, 0.2) is 60.7 Å². The minimum Gasteiger partial charge on any atom is -0.489 e. The van der Waals surface area contributed by atoms with Gasteiger partial charge in [0.1, 0.15) is 12.4 Å². The second kappa shape index (κ2) is 6.37. The molecule has 0 unspecified atom stereocenters. The van der Waals surface area contributed by atoms with Crippen molar-refractivity contribution in [2.24, 2.45) is 5.73 Å². The molecule has 0 aliphatic heterocycles. The van der Waals surface area contributed by atoms with Gasteiger partial charge in [-0.2, -0.15) is 0 Å². The Bertz CT molecular complexity index is 726. The van der Waals surface area contributed by atoms with Crippen molar-refractivity contribution < 1.29 is 4.74 Å². The van der Waals surface area contributed by atoms with Gasteiger partial charge in [0.25, 0.3) is 0 Å². The zero-order chi connectivity index (χ0) is 14.5. The van der Waals surface area contributed by atoms with Crippen LogP contribution in [-0.2, 0) is 13.0 Å². The van der Waals surface area contributed by atoms with E-state index in [1.807, 2.05) is 42.5 Å². The van der Waals surface area contributed by atoms with Gasteiger partial charge in [0.2, 0.25) is 0 Å². The summed E-state index contributed by atoms with van der Waals surface area (Å²) in [6.45, 7) is 1.20. The Hall–Kier alpha value is -2.39. The molecule has 0 amide bonds. The fraction of sp³-hybridized carbons (Fsp3) is 0.167. The van der Waals surface area contributed by atoms with Crippen LogP contribution in [0.25, 0.3) is 10.9 Å². The van der Waals surface area contributed by atoms with Crippen molar-refractivity contribution in [3.05, 3.63) is 71.9 Å². The maximum Gasteiger partial charge on any atom is 0.120 e. The predicted octanol–water partition coefficient (Wildman–Crippen LogP) is 3.32. The predicted molar refractivity (Wildman–Crippen MR) is 85.3 cm³/mol. The fourth-order valence-electron chi connectivity index (χ4n) is 2.26. The zero-order valence-electron chi connectivity index (χ0n) is 11.8. The SMILES string of the molecule is NCCc1ccc2cc(OCc3ccccc3)ccc2n1. The van der Waals surface area contributed by atoms with Crippen LogP contribution in [0.2, 0.25) is 0 Å². The largest absolute Gasteiger partial charge is 0.489 e. The van der Waals surface area contributed by atoms with E-state index in [-0.39, 0.29) is 0 Å². The molecule has 2 aromatic carbocycles. The maximum absolute atomic E-state index is 5.83. The first-order valence-corrected chi connectivity index (χ1v) is 7.11. The third kappa shape index (κ3) is 3.38. The summed E-state index contributed by atoms with van der Waals surface area (Å²) in [7, 11) is 0. The summed E-state index contributed by atoms with van der Waals surface area (Å²) in [6, 6.07) is 20.2. The van der Waals surface area contributed by atoms with E-state index < -0.39 is 0 Å². The van der Waals surface area contributed by atoms with Crippen LogP contribution in [-0.4, -0.2) is 11.5 Å². The molecule has 106 valence electrons. The van der Waals surface area contributed by atoms with E-state index >= 15 is 0 Å². The lowest BCUT2D eigenvalue weighted by atomic mass is 10.1. The zero-order valence-corrected chi connectivity index (χ0v) is 11.8. The molecule has 0 saturated carbocycles. The first-order valence-electron chi connectivity index (χ1n) is 7.11. The minimum absolute atomic E-state index is 0.574. The number of hydrogen-bond acceptors (Lipinski definition) is 3. The van der Waals surface area contributed by atoms with Gasteiger partial charge in [0.05, 0.1) is 5.52 Å². The van der Waals surface area contributed by atoms with Crippen LogP contribution >= 0.6 is 0 Å². The highest BCUT2D eigenvalue weighted by atomic mass is 16.5. The van der Waals surface area contributed by atoms with Gasteiger partial charge < -0.3 is 10.5 Å². The van der Waals surface area contributed by atoms with Crippen LogP contribution in [0.5, 0.6) is 5.75 Å². The second-order valence-corrected chi connectivity index (χ2v) is 4.97. The molecule has 1 heterocycles. The Kier molecular flexibility index (Phi) is 4.12. The van der Waals surface area contributed by atoms with Gasteiger partial charge in [-0.1, -0.05) is 36.4 Å². The first-order chi connectivity index (χ1) is 10.3. The molecule has 2 N–H and O–H groups in total. The van der Waals surface area contributed by atoms with Gasteiger partial charge in [-0.05, 0) is 36.4 Å². The lowest BCUT2D eigenvalue weighted by Gasteiger charge is -2.08. The van der Waals surface area contributed by atoms with Gasteiger partial charge in [-0.15, -0.1) is 0 Å². The Labute approximate surface area is 124 Å². The molecular formula is C18H18N2O. The average Bonchev–Trinajstić information content (AvgIpc) is 2.54. The van der Waals surface area contributed by atoms with Crippen molar-refractivity contribution in [1.82, 2.24) is 4.98 Å². The molecular weight excluding hydrogens is 260 g/mol. The van der Waals surface area contributed by atoms with E-state index in [1.165, 1.54) is 0 Å². The van der Waals surface area contributed by atoms with E-state index in [1.54, 1.807) is 0 Å². The molecule has 0 spiro atoms. The summed E-state index contributed by atoms with van der Waals surface area (Å²) in [4.78, 5) is 4.59. The van der Waals surface area contributed by atoms with E-state index in [0.29, 0.717) is 13.2 Å². The van der Waals surface area contributed by atoms with Gasteiger partial charge >= 0.3 is 0 Å². The lowest BCUT2D eigenvalue weighted by molar-refractivity contribution is 0.306. The van der Waals surface area contributed by atoms with Crippen LogP contribution < -0.4 is 10.5 Å². The van der Waals surface area contributed by atoms with Gasteiger partial charge in [-0.3, -0.25) is 4.98 Å². The smallest absolute Gasteiger partial charge is 0.120 e. The molecule has 0 bridgehead atoms. The van der Waals surface area contributed by atoms with Crippen molar-refractivity contribution in [2.45, 2.75) is 13.0 Å². The summed E-state index contributed by atoms with van der Waals surface area (Å²) in [5.41, 5.74) is 8.73. The number of hydrogen-bond donors (Lipinski definition) is 1. The van der Waals surface area contributed by atoms with Crippen molar-refractivity contribution in [1.29, 1.82) is 0 Å². The standard InChI is InChI=1S/C18H18N2O/c19-11-10-16-7-6-15-12-17(8-9-18(15)20-16)21-13-14-4-2-1-3-5-14/h1-9,12H,10-11,13,19H2. The topological polar surface area (TPSA) is 48.1 Å². The molecule has 0 radical (unpaired) electrons. The monoisotopic (exact) mass is 278 g/mol. The Balaban J connectivity index is 1.76. The van der Waals surface area contributed by atoms with Crippen LogP contribution in [0.3, 0.4) is 0 Å². The molecule has 0 fully saturated rings. The van der Waals surface area contributed by atoms with Crippen LogP contribution in [0.1, 0.15) is 11.3 Å². The number of benzene rings is 2. The first kappa shape index (κ1) is 13.6. The van der Waals surface area contributed by atoms with Gasteiger partial charge in [0.15, 0.2) is 0 Å². The number of ether oxygens (including phenoxy) is 1. The molecule has 21 heavy (non-hydrogen) atoms. The van der Waals surface area contributed by atoms with E-state index in [9.17, 15) is 0 Å². The third-order valence-electron chi connectivity index (χ3n) is 3.37. The number of rotatable bonds is 5. The highest BCUT2D eigenvalue weighted by Crippen LogP contribution is 2.21. The molecule has 3 nitrogen and oxygen atoms in total. The van der Waals surface area contributed by atoms with E-state index in [4.69, 9.17) is 10.5 Å².